The maximum Gasteiger partial charge on any atom is 0.153 e. The third kappa shape index (κ3) is 4.38. The molecule has 0 spiro atoms. The van der Waals surface area contributed by atoms with Crippen molar-refractivity contribution in [2.75, 3.05) is 20.2 Å². The van der Waals surface area contributed by atoms with E-state index in [4.69, 9.17) is 16.3 Å². The fraction of sp³-hybridized carbons (Fsp3) is 0.238. The Kier molecular flexibility index (Phi) is 6.27. The minimum atomic E-state index is 0.475. The molecule has 6 heteroatoms. The van der Waals surface area contributed by atoms with E-state index in [-0.39, 0.29) is 0 Å². The molecule has 3 rings (SSSR count). The van der Waals surface area contributed by atoms with E-state index in [9.17, 15) is 4.79 Å². The van der Waals surface area contributed by atoms with Crippen LogP contribution in [0.1, 0.15) is 27.0 Å². The van der Waals surface area contributed by atoms with Crippen LogP contribution in [0.25, 0.3) is 5.69 Å². The smallest absolute Gasteiger partial charge is 0.153 e. The summed E-state index contributed by atoms with van der Waals surface area (Å²) in [4.78, 5) is 11.6. The minimum absolute atomic E-state index is 0.475. The monoisotopic (exact) mass is 383 g/mol. The largest absolute Gasteiger partial charge is 0.491 e. The van der Waals surface area contributed by atoms with Crippen LogP contribution in [-0.4, -0.2) is 36.3 Å². The lowest BCUT2D eigenvalue weighted by atomic mass is 9.99. The van der Waals surface area contributed by atoms with Crippen molar-refractivity contribution >= 4 is 17.9 Å². The van der Waals surface area contributed by atoms with Crippen LogP contribution < -0.4 is 10.1 Å². The van der Waals surface area contributed by atoms with Gasteiger partial charge in [0.25, 0.3) is 0 Å². The highest BCUT2D eigenvalue weighted by molar-refractivity contribution is 6.32. The number of halogens is 1. The van der Waals surface area contributed by atoms with Gasteiger partial charge in [0.15, 0.2) is 6.29 Å². The van der Waals surface area contributed by atoms with Gasteiger partial charge in [-0.15, -0.1) is 0 Å². The maximum atomic E-state index is 11.6. The zero-order chi connectivity index (χ0) is 19.2. The molecule has 0 aliphatic rings. The Morgan fingerprint density at radius 2 is 2.07 bits per heavy atom. The molecule has 0 atom stereocenters. The van der Waals surface area contributed by atoms with Crippen molar-refractivity contribution in [2.24, 2.45) is 0 Å². The number of carbonyl (C=O) groups is 1. The Balaban J connectivity index is 1.84. The number of nitrogens with zero attached hydrogens (tertiary/aromatic N) is 2. The van der Waals surface area contributed by atoms with Crippen molar-refractivity contribution in [3.8, 4) is 11.4 Å². The predicted octanol–water partition coefficient (Wildman–Crippen LogP) is 3.84. The average molecular weight is 384 g/mol. The van der Waals surface area contributed by atoms with Gasteiger partial charge in [-0.2, -0.15) is 5.10 Å². The van der Waals surface area contributed by atoms with Crippen molar-refractivity contribution in [2.45, 2.75) is 13.3 Å². The first kappa shape index (κ1) is 19.1. The Hall–Kier alpha value is -2.63. The Labute approximate surface area is 163 Å². The highest BCUT2D eigenvalue weighted by Crippen LogP contribution is 2.33. The number of nitrogens with one attached hydrogen (secondary N) is 1. The van der Waals surface area contributed by atoms with Gasteiger partial charge in [-0.1, -0.05) is 23.7 Å². The predicted molar refractivity (Wildman–Crippen MR) is 107 cm³/mol. The number of carbonyl (C=O) groups excluding carboxylic acids is 1. The molecule has 5 nitrogen and oxygen atoms in total. The van der Waals surface area contributed by atoms with E-state index in [0.29, 0.717) is 35.9 Å². The van der Waals surface area contributed by atoms with Gasteiger partial charge >= 0.3 is 0 Å². The zero-order valence-electron chi connectivity index (χ0n) is 15.4. The van der Waals surface area contributed by atoms with Crippen LogP contribution in [0.3, 0.4) is 0 Å². The summed E-state index contributed by atoms with van der Waals surface area (Å²) in [5.74, 6) is 0.558. The Bertz CT molecular complexity index is 906. The molecule has 0 aliphatic heterocycles. The first-order valence-corrected chi connectivity index (χ1v) is 9.15. The summed E-state index contributed by atoms with van der Waals surface area (Å²) in [6.07, 6.45) is 5.11. The molecule has 0 aliphatic carbocycles. The van der Waals surface area contributed by atoms with E-state index >= 15 is 0 Å². The minimum Gasteiger partial charge on any atom is -0.491 e. The highest BCUT2D eigenvalue weighted by Gasteiger charge is 2.15. The van der Waals surface area contributed by atoms with Crippen molar-refractivity contribution < 1.29 is 9.53 Å². The van der Waals surface area contributed by atoms with E-state index in [1.54, 1.807) is 6.20 Å². The van der Waals surface area contributed by atoms with Crippen molar-refractivity contribution in [3.05, 3.63) is 76.1 Å². The molecular weight excluding hydrogens is 362 g/mol. The SMILES string of the molecule is CNCCOc1c(C=O)cc(Cc2ccc(-n3cccn3)cc2)c(Cl)c1C. The van der Waals surface area contributed by atoms with Gasteiger partial charge in [0.1, 0.15) is 12.4 Å². The molecule has 1 aromatic heterocycles. The topological polar surface area (TPSA) is 56.1 Å². The van der Waals surface area contributed by atoms with E-state index < -0.39 is 0 Å². The van der Waals surface area contributed by atoms with E-state index in [0.717, 1.165) is 28.7 Å². The number of benzene rings is 2. The number of ether oxygens (including phenoxy) is 1. The normalized spacial score (nSPS) is 10.8. The van der Waals surface area contributed by atoms with Crippen LogP contribution in [0.15, 0.2) is 48.8 Å². The lowest BCUT2D eigenvalue weighted by Gasteiger charge is -2.16. The molecule has 140 valence electrons. The number of rotatable bonds is 8. The summed E-state index contributed by atoms with van der Waals surface area (Å²) in [7, 11) is 1.85. The molecule has 0 bridgehead atoms. The van der Waals surface area contributed by atoms with Gasteiger partial charge in [0.2, 0.25) is 0 Å². The second kappa shape index (κ2) is 8.84. The van der Waals surface area contributed by atoms with E-state index in [1.165, 1.54) is 0 Å². The summed E-state index contributed by atoms with van der Waals surface area (Å²) in [5.41, 5.74) is 4.32. The molecule has 0 amide bonds. The Morgan fingerprint density at radius 3 is 2.70 bits per heavy atom. The van der Waals surface area contributed by atoms with E-state index in [2.05, 4.69) is 10.4 Å². The lowest BCUT2D eigenvalue weighted by molar-refractivity contribution is 0.111. The van der Waals surface area contributed by atoms with Crippen LogP contribution in [-0.2, 0) is 6.42 Å². The summed E-state index contributed by atoms with van der Waals surface area (Å²) < 4.78 is 7.56. The average Bonchev–Trinajstić information content (AvgIpc) is 3.22. The molecule has 1 heterocycles. The van der Waals surface area contributed by atoms with Gasteiger partial charge in [-0.05, 0) is 55.8 Å². The molecule has 1 N–H and O–H groups in total. The van der Waals surface area contributed by atoms with Crippen LogP contribution >= 0.6 is 11.6 Å². The molecule has 0 saturated carbocycles. The standard InChI is InChI=1S/C21H22ClN3O2/c1-15-20(22)17(13-18(14-26)21(15)27-11-9-23-2)12-16-4-6-19(7-5-16)25-10-3-8-24-25/h3-8,10,13-14,23H,9,11-12H2,1-2H3. The fourth-order valence-corrected chi connectivity index (χ4v) is 3.15. The van der Waals surface area contributed by atoms with Gasteiger partial charge < -0.3 is 10.1 Å². The molecule has 2 aromatic carbocycles. The van der Waals surface area contributed by atoms with Crippen LogP contribution in [0.5, 0.6) is 5.75 Å². The fourth-order valence-electron chi connectivity index (χ4n) is 2.94. The first-order chi connectivity index (χ1) is 13.1. The molecule has 27 heavy (non-hydrogen) atoms. The number of hydrogen-bond donors (Lipinski definition) is 1. The van der Waals surface area contributed by atoms with E-state index in [1.807, 2.05) is 61.2 Å². The molecule has 0 saturated heterocycles. The lowest BCUT2D eigenvalue weighted by Crippen LogP contribution is -2.17. The quantitative estimate of drug-likeness (QED) is 0.474. The third-order valence-electron chi connectivity index (χ3n) is 4.37. The number of aldehydes is 1. The Morgan fingerprint density at radius 1 is 1.30 bits per heavy atom. The second-order valence-corrected chi connectivity index (χ2v) is 6.63. The maximum absolute atomic E-state index is 11.6. The third-order valence-corrected chi connectivity index (χ3v) is 4.90. The van der Waals surface area contributed by atoms with Crippen LogP contribution in [0, 0.1) is 6.92 Å². The van der Waals surface area contributed by atoms with Crippen molar-refractivity contribution in [1.82, 2.24) is 15.1 Å². The summed E-state index contributed by atoms with van der Waals surface area (Å²) in [6, 6.07) is 11.8. The van der Waals surface area contributed by atoms with Crippen molar-refractivity contribution in [1.29, 1.82) is 0 Å². The zero-order valence-corrected chi connectivity index (χ0v) is 16.2. The first-order valence-electron chi connectivity index (χ1n) is 8.77. The van der Waals surface area contributed by atoms with Gasteiger partial charge in [-0.25, -0.2) is 4.68 Å². The molecule has 0 unspecified atom stereocenters. The van der Waals surface area contributed by atoms with Crippen LogP contribution in [0.4, 0.5) is 0 Å². The number of likely N-dealkylation sites (N-methyl/N-ethyl adjacent to an activating group) is 1. The molecule has 3 aromatic rings. The summed E-state index contributed by atoms with van der Waals surface area (Å²) >= 11 is 6.58. The molecular formula is C21H22ClN3O2. The summed E-state index contributed by atoms with van der Waals surface area (Å²) in [6.45, 7) is 3.05. The summed E-state index contributed by atoms with van der Waals surface area (Å²) in [5, 5.41) is 7.88. The highest BCUT2D eigenvalue weighted by atomic mass is 35.5. The number of hydrogen-bond acceptors (Lipinski definition) is 4. The second-order valence-electron chi connectivity index (χ2n) is 6.26. The van der Waals surface area contributed by atoms with Gasteiger partial charge in [0, 0.05) is 24.5 Å². The van der Waals surface area contributed by atoms with Crippen molar-refractivity contribution in [3.63, 3.8) is 0 Å². The molecule has 0 fully saturated rings. The number of aromatic nitrogens is 2. The van der Waals surface area contributed by atoms with Gasteiger partial charge in [0.05, 0.1) is 16.3 Å². The van der Waals surface area contributed by atoms with Gasteiger partial charge in [-0.3, -0.25) is 4.79 Å². The molecule has 0 radical (unpaired) electrons. The van der Waals surface area contributed by atoms with Crippen LogP contribution in [0.2, 0.25) is 5.02 Å².